The molecule has 2 N–H and O–H groups in total. The lowest BCUT2D eigenvalue weighted by atomic mass is 10.1. The molecule has 0 saturated carbocycles. The molecule has 1 amide bonds. The number of benzene rings is 3. The lowest BCUT2D eigenvalue weighted by Gasteiger charge is -2.10. The number of aromatic amines is 1. The Morgan fingerprint density at radius 1 is 1.10 bits per heavy atom. The molecule has 0 unspecified atom stereocenters. The van der Waals surface area contributed by atoms with E-state index in [1.54, 1.807) is 41.0 Å². The van der Waals surface area contributed by atoms with E-state index in [0.717, 1.165) is 11.1 Å². The van der Waals surface area contributed by atoms with Crippen molar-refractivity contribution < 1.29 is 9.53 Å². The van der Waals surface area contributed by atoms with Crippen molar-refractivity contribution in [1.82, 2.24) is 14.8 Å². The zero-order chi connectivity index (χ0) is 21.8. The summed E-state index contributed by atoms with van der Waals surface area (Å²) in [7, 11) is 0. The summed E-state index contributed by atoms with van der Waals surface area (Å²) in [6.45, 7) is 2.05. The average Bonchev–Trinajstić information content (AvgIpc) is 3.12. The summed E-state index contributed by atoms with van der Waals surface area (Å²) in [5, 5.41) is 10.4. The molecule has 0 aliphatic rings. The van der Waals surface area contributed by atoms with E-state index in [0.29, 0.717) is 32.8 Å². The number of halogens is 1. The highest BCUT2D eigenvalue weighted by Gasteiger charge is 2.13. The molecule has 0 bridgehead atoms. The number of anilines is 1. The van der Waals surface area contributed by atoms with Crippen LogP contribution in [0, 0.1) is 11.7 Å². The zero-order valence-electron chi connectivity index (χ0n) is 16.6. The number of ether oxygens (including phenoxy) is 1. The van der Waals surface area contributed by atoms with Gasteiger partial charge in [0, 0.05) is 11.3 Å². The molecule has 0 atom stereocenters. The van der Waals surface area contributed by atoms with E-state index in [2.05, 4.69) is 15.5 Å². The molecular weight excluding hydrogens is 432 g/mol. The number of amides is 1. The first-order valence-corrected chi connectivity index (χ1v) is 10.3. The second-order valence-electron chi connectivity index (χ2n) is 6.91. The fraction of sp³-hybridized carbons (Fsp3) is 0.0870. The maximum atomic E-state index is 12.6. The Kier molecular flexibility index (Phi) is 6.16. The normalized spacial score (nSPS) is 10.6. The minimum atomic E-state index is -0.217. The van der Waals surface area contributed by atoms with Gasteiger partial charge in [0.25, 0.3) is 0 Å². The van der Waals surface area contributed by atoms with Crippen molar-refractivity contribution in [2.45, 2.75) is 13.5 Å². The molecule has 156 valence electrons. The van der Waals surface area contributed by atoms with Crippen LogP contribution < -0.4 is 10.1 Å². The van der Waals surface area contributed by atoms with Gasteiger partial charge in [0.2, 0.25) is 5.91 Å². The number of carbonyl (C=O) groups is 1. The first-order chi connectivity index (χ1) is 15.0. The lowest BCUT2D eigenvalue weighted by molar-refractivity contribution is -0.116. The summed E-state index contributed by atoms with van der Waals surface area (Å²) in [4.78, 5) is 12.6. The predicted molar refractivity (Wildman–Crippen MR) is 124 cm³/mol. The molecule has 0 saturated heterocycles. The van der Waals surface area contributed by atoms with Gasteiger partial charge in [-0.3, -0.25) is 14.5 Å². The Balaban J connectivity index is 1.44. The van der Waals surface area contributed by atoms with Crippen LogP contribution in [0.15, 0.2) is 72.8 Å². The van der Waals surface area contributed by atoms with E-state index in [1.165, 1.54) is 0 Å². The van der Waals surface area contributed by atoms with Gasteiger partial charge in [-0.1, -0.05) is 53.6 Å². The number of hydrogen-bond donors (Lipinski definition) is 2. The topological polar surface area (TPSA) is 71.9 Å². The van der Waals surface area contributed by atoms with Crippen molar-refractivity contribution in [2.24, 2.45) is 0 Å². The summed E-state index contributed by atoms with van der Waals surface area (Å²) in [5.74, 6) is 1.58. The number of hydrogen-bond acceptors (Lipinski definition) is 4. The van der Waals surface area contributed by atoms with Crippen LogP contribution in [0.25, 0.3) is 11.4 Å². The van der Waals surface area contributed by atoms with Crippen LogP contribution in [0.3, 0.4) is 0 Å². The summed E-state index contributed by atoms with van der Waals surface area (Å²) >= 11 is 11.4. The zero-order valence-corrected chi connectivity index (χ0v) is 18.2. The fourth-order valence-electron chi connectivity index (χ4n) is 2.99. The number of H-pyrrole nitrogens is 1. The minimum Gasteiger partial charge on any atom is -0.456 e. The van der Waals surface area contributed by atoms with E-state index in [4.69, 9.17) is 28.6 Å². The van der Waals surface area contributed by atoms with E-state index in [-0.39, 0.29) is 12.5 Å². The molecule has 0 spiro atoms. The number of para-hydroxylation sites is 1. The molecule has 0 aliphatic heterocycles. The van der Waals surface area contributed by atoms with Crippen molar-refractivity contribution in [3.05, 3.63) is 88.2 Å². The van der Waals surface area contributed by atoms with Crippen molar-refractivity contribution in [3.8, 4) is 22.9 Å². The first kappa shape index (κ1) is 20.8. The van der Waals surface area contributed by atoms with Crippen LogP contribution in [-0.4, -0.2) is 20.7 Å². The van der Waals surface area contributed by atoms with Crippen LogP contribution >= 0.6 is 23.8 Å². The van der Waals surface area contributed by atoms with Gasteiger partial charge in [-0.15, -0.1) is 0 Å². The molecule has 31 heavy (non-hydrogen) atoms. The molecule has 1 aromatic heterocycles. The average molecular weight is 451 g/mol. The van der Waals surface area contributed by atoms with E-state index < -0.39 is 0 Å². The van der Waals surface area contributed by atoms with Crippen molar-refractivity contribution >= 4 is 35.4 Å². The van der Waals surface area contributed by atoms with Crippen molar-refractivity contribution in [2.75, 3.05) is 5.32 Å². The Bertz CT molecular complexity index is 1260. The van der Waals surface area contributed by atoms with E-state index in [9.17, 15) is 4.79 Å². The largest absolute Gasteiger partial charge is 0.456 e. The van der Waals surface area contributed by atoms with Gasteiger partial charge in [-0.25, -0.2) is 0 Å². The standard InChI is InChI=1S/C23H19ClN4O2S/c1-15-6-8-16(9-7-15)22-26-27-23(31)28(22)14-21(29)25-17-10-12-18(13-11-17)30-20-5-3-2-4-19(20)24/h2-13H,14H2,1H3,(H,25,29)(H,27,31). The van der Waals surface area contributed by atoms with Gasteiger partial charge in [-0.05, 0) is 55.5 Å². The summed E-state index contributed by atoms with van der Waals surface area (Å²) in [6.07, 6.45) is 0. The van der Waals surface area contributed by atoms with Gasteiger partial charge in [-0.2, -0.15) is 5.10 Å². The van der Waals surface area contributed by atoms with Crippen LogP contribution in [0.4, 0.5) is 5.69 Å². The Hall–Kier alpha value is -3.42. The van der Waals surface area contributed by atoms with E-state index in [1.807, 2.05) is 43.3 Å². The van der Waals surface area contributed by atoms with Crippen LogP contribution in [-0.2, 0) is 11.3 Å². The molecule has 0 radical (unpaired) electrons. The molecule has 4 aromatic rings. The van der Waals surface area contributed by atoms with Crippen molar-refractivity contribution in [3.63, 3.8) is 0 Å². The quantitative estimate of drug-likeness (QED) is 0.353. The summed E-state index contributed by atoms with van der Waals surface area (Å²) in [6, 6.07) is 22.2. The maximum absolute atomic E-state index is 12.6. The third-order valence-electron chi connectivity index (χ3n) is 4.57. The number of rotatable bonds is 6. The molecule has 4 rings (SSSR count). The number of aromatic nitrogens is 3. The van der Waals surface area contributed by atoms with Gasteiger partial charge >= 0.3 is 0 Å². The second-order valence-corrected chi connectivity index (χ2v) is 7.70. The van der Waals surface area contributed by atoms with Gasteiger partial charge in [0.1, 0.15) is 18.0 Å². The SMILES string of the molecule is Cc1ccc(-c2n[nH]c(=S)n2CC(=O)Nc2ccc(Oc3ccccc3Cl)cc2)cc1. The number of carbonyl (C=O) groups excluding carboxylic acids is 1. The molecule has 3 aromatic carbocycles. The van der Waals surface area contributed by atoms with Crippen LogP contribution in [0.5, 0.6) is 11.5 Å². The maximum Gasteiger partial charge on any atom is 0.244 e. The predicted octanol–water partition coefficient (Wildman–Crippen LogP) is 6.00. The van der Waals surface area contributed by atoms with Gasteiger partial charge in [0.05, 0.1) is 5.02 Å². The third kappa shape index (κ3) is 5.02. The summed E-state index contributed by atoms with van der Waals surface area (Å²) in [5.41, 5.74) is 2.67. The minimum absolute atomic E-state index is 0.0381. The Morgan fingerprint density at radius 3 is 2.52 bits per heavy atom. The highest BCUT2D eigenvalue weighted by Crippen LogP contribution is 2.29. The Morgan fingerprint density at radius 2 is 1.81 bits per heavy atom. The molecule has 0 aliphatic carbocycles. The van der Waals surface area contributed by atoms with Crippen molar-refractivity contribution in [1.29, 1.82) is 0 Å². The Labute approximate surface area is 189 Å². The smallest absolute Gasteiger partial charge is 0.244 e. The monoisotopic (exact) mass is 450 g/mol. The molecule has 6 nitrogen and oxygen atoms in total. The highest BCUT2D eigenvalue weighted by molar-refractivity contribution is 7.71. The van der Waals surface area contributed by atoms with Crippen LogP contribution in [0.2, 0.25) is 5.02 Å². The van der Waals surface area contributed by atoms with E-state index >= 15 is 0 Å². The molecule has 0 fully saturated rings. The lowest BCUT2D eigenvalue weighted by Crippen LogP contribution is -2.19. The van der Waals surface area contributed by atoms with Gasteiger partial charge in [0.15, 0.2) is 10.6 Å². The molecular formula is C23H19ClN4O2S. The molecule has 1 heterocycles. The summed E-state index contributed by atoms with van der Waals surface area (Å²) < 4.78 is 7.82. The first-order valence-electron chi connectivity index (χ1n) is 9.54. The van der Waals surface area contributed by atoms with Gasteiger partial charge < -0.3 is 10.1 Å². The third-order valence-corrected chi connectivity index (χ3v) is 5.20. The number of nitrogens with zero attached hydrogens (tertiary/aromatic N) is 2. The fourth-order valence-corrected chi connectivity index (χ4v) is 3.36. The number of nitrogens with one attached hydrogen (secondary N) is 2. The molecule has 8 heteroatoms. The highest BCUT2D eigenvalue weighted by atomic mass is 35.5. The van der Waals surface area contributed by atoms with Crippen LogP contribution in [0.1, 0.15) is 5.56 Å². The number of aryl methyl sites for hydroxylation is 1. The second kappa shape index (κ2) is 9.16.